The van der Waals surface area contributed by atoms with E-state index in [1.54, 1.807) is 0 Å². The molecule has 0 N–H and O–H groups in total. The lowest BCUT2D eigenvalue weighted by Crippen LogP contribution is -2.27. The van der Waals surface area contributed by atoms with Crippen LogP contribution in [0.15, 0.2) is 42.5 Å². The van der Waals surface area contributed by atoms with Crippen LogP contribution in [0.3, 0.4) is 0 Å². The van der Waals surface area contributed by atoms with E-state index >= 15 is 0 Å². The molecule has 2 heteroatoms. The molecule has 0 bridgehead atoms. The first kappa shape index (κ1) is 21.2. The molecular weight excluding hydrogens is 368 g/mol. The number of hydrogen-bond acceptors (Lipinski definition) is 2. The second-order valence-electron chi connectivity index (χ2n) is 9.42. The van der Waals surface area contributed by atoms with E-state index in [2.05, 4.69) is 49.4 Å². The van der Waals surface area contributed by atoms with Gasteiger partial charge in [0.25, 0.3) is 0 Å². The summed E-state index contributed by atoms with van der Waals surface area (Å²) in [5, 5.41) is 0. The van der Waals surface area contributed by atoms with Crippen molar-refractivity contribution in [1.82, 2.24) is 0 Å². The Morgan fingerprint density at radius 2 is 1.60 bits per heavy atom. The number of hydrogen-bond donors (Lipinski definition) is 0. The van der Waals surface area contributed by atoms with Crippen LogP contribution in [0.5, 0.6) is 5.75 Å². The monoisotopic (exact) mass is 404 g/mol. The molecule has 2 aromatic carbocycles. The molecule has 1 atom stereocenters. The molecule has 2 aliphatic rings. The largest absolute Gasteiger partial charge is 0.426 e. The van der Waals surface area contributed by atoms with Gasteiger partial charge in [-0.15, -0.1) is 0 Å². The van der Waals surface area contributed by atoms with Crippen LogP contribution in [0.2, 0.25) is 0 Å². The Labute approximate surface area is 182 Å². The van der Waals surface area contributed by atoms with Crippen molar-refractivity contribution in [2.75, 3.05) is 0 Å². The van der Waals surface area contributed by atoms with Crippen LogP contribution >= 0.6 is 0 Å². The van der Waals surface area contributed by atoms with Gasteiger partial charge in [-0.25, -0.2) is 0 Å². The molecule has 1 heterocycles. The Hall–Kier alpha value is -2.09. The predicted molar refractivity (Wildman–Crippen MR) is 123 cm³/mol. The molecular formula is C28H36O2. The third-order valence-corrected chi connectivity index (χ3v) is 7.33. The molecule has 4 rings (SSSR count). The summed E-state index contributed by atoms with van der Waals surface area (Å²) in [6.45, 7) is 4.36. The number of rotatable bonds is 7. The summed E-state index contributed by atoms with van der Waals surface area (Å²) in [5.41, 5.74) is 5.33. The molecule has 0 radical (unpaired) electrons. The van der Waals surface area contributed by atoms with Crippen LogP contribution < -0.4 is 4.74 Å². The lowest BCUT2D eigenvalue weighted by atomic mass is 9.77. The summed E-state index contributed by atoms with van der Waals surface area (Å²) in [6, 6.07) is 15.8. The van der Waals surface area contributed by atoms with Gasteiger partial charge < -0.3 is 4.74 Å². The van der Waals surface area contributed by atoms with E-state index in [1.165, 1.54) is 60.8 Å². The molecule has 1 unspecified atom stereocenters. The fourth-order valence-electron chi connectivity index (χ4n) is 5.31. The minimum Gasteiger partial charge on any atom is -0.426 e. The smallest absolute Gasteiger partial charge is 0.314 e. The molecule has 0 spiro atoms. The lowest BCUT2D eigenvalue weighted by molar-refractivity contribution is -0.140. The van der Waals surface area contributed by atoms with E-state index in [4.69, 9.17) is 4.74 Å². The lowest BCUT2D eigenvalue weighted by Gasteiger charge is -2.28. The maximum absolute atomic E-state index is 12.1. The fraction of sp³-hybridized carbons (Fsp3) is 0.536. The standard InChI is InChI=1S/C28H36O2/c1-3-5-20-8-13-24(14-9-20)25-15-10-21(11-16-25)6-7-22-12-17-26-19-23(4-2)28(29)30-27(26)18-22/h10-12,15-18,20,23-24H,3-9,13-14,19H2,1-2H3. The first-order valence-electron chi connectivity index (χ1n) is 12.1. The van der Waals surface area contributed by atoms with E-state index in [1.807, 2.05) is 6.92 Å². The molecule has 0 saturated heterocycles. The number of carbonyl (C=O) groups is 1. The molecule has 160 valence electrons. The van der Waals surface area contributed by atoms with Gasteiger partial charge in [0.15, 0.2) is 0 Å². The molecule has 0 aromatic heterocycles. The summed E-state index contributed by atoms with van der Waals surface area (Å²) in [4.78, 5) is 12.1. The highest BCUT2D eigenvalue weighted by Gasteiger charge is 2.27. The minimum atomic E-state index is -0.0681. The number of fused-ring (bicyclic) bond motifs is 1. The van der Waals surface area contributed by atoms with Crippen molar-refractivity contribution in [2.45, 2.75) is 84.0 Å². The van der Waals surface area contributed by atoms with Crippen LogP contribution in [-0.4, -0.2) is 5.97 Å². The average molecular weight is 405 g/mol. The zero-order chi connectivity index (χ0) is 20.9. The zero-order valence-corrected chi connectivity index (χ0v) is 18.7. The second-order valence-corrected chi connectivity index (χ2v) is 9.42. The van der Waals surface area contributed by atoms with Crippen molar-refractivity contribution in [1.29, 1.82) is 0 Å². The van der Waals surface area contributed by atoms with Crippen molar-refractivity contribution in [3.63, 3.8) is 0 Å². The van der Waals surface area contributed by atoms with Crippen LogP contribution in [0, 0.1) is 11.8 Å². The van der Waals surface area contributed by atoms with Crippen molar-refractivity contribution in [3.05, 3.63) is 64.7 Å². The topological polar surface area (TPSA) is 26.3 Å². The van der Waals surface area contributed by atoms with Crippen LogP contribution in [0.25, 0.3) is 0 Å². The SMILES string of the molecule is CCCC1CCC(c2ccc(CCc3ccc4c(c3)OC(=O)C(CC)C4)cc2)CC1. The highest BCUT2D eigenvalue weighted by Crippen LogP contribution is 2.37. The number of aryl methyl sites for hydroxylation is 2. The highest BCUT2D eigenvalue weighted by atomic mass is 16.5. The number of benzene rings is 2. The van der Waals surface area contributed by atoms with Crippen molar-refractivity contribution < 1.29 is 9.53 Å². The molecule has 1 fully saturated rings. The van der Waals surface area contributed by atoms with Crippen LogP contribution in [0.4, 0.5) is 0 Å². The second kappa shape index (κ2) is 9.81. The van der Waals surface area contributed by atoms with Gasteiger partial charge in [-0.1, -0.05) is 63.1 Å². The summed E-state index contributed by atoms with van der Waals surface area (Å²) >= 11 is 0. The maximum atomic E-state index is 12.1. The number of ether oxygens (including phenoxy) is 1. The normalized spacial score (nSPS) is 23.7. The molecule has 2 aromatic rings. The molecule has 1 aliphatic carbocycles. The Balaban J connectivity index is 1.32. The molecule has 0 amide bonds. The Morgan fingerprint density at radius 1 is 0.900 bits per heavy atom. The van der Waals surface area contributed by atoms with Gasteiger partial charge in [0.05, 0.1) is 5.92 Å². The van der Waals surface area contributed by atoms with E-state index in [0.29, 0.717) is 0 Å². The van der Waals surface area contributed by atoms with Crippen molar-refractivity contribution >= 4 is 5.97 Å². The third-order valence-electron chi connectivity index (χ3n) is 7.33. The quantitative estimate of drug-likeness (QED) is 0.366. The van der Waals surface area contributed by atoms with Gasteiger partial charge in [0, 0.05) is 0 Å². The van der Waals surface area contributed by atoms with E-state index in [9.17, 15) is 4.79 Å². The summed E-state index contributed by atoms with van der Waals surface area (Å²) in [6.07, 6.45) is 11.9. The average Bonchev–Trinajstić information content (AvgIpc) is 2.78. The first-order valence-corrected chi connectivity index (χ1v) is 12.1. The Kier molecular flexibility index (Phi) is 6.92. The van der Waals surface area contributed by atoms with E-state index in [0.717, 1.165) is 43.3 Å². The van der Waals surface area contributed by atoms with Crippen LogP contribution in [-0.2, 0) is 24.1 Å². The fourth-order valence-corrected chi connectivity index (χ4v) is 5.31. The highest BCUT2D eigenvalue weighted by molar-refractivity contribution is 5.78. The Morgan fingerprint density at radius 3 is 2.30 bits per heavy atom. The van der Waals surface area contributed by atoms with Gasteiger partial charge in [-0.2, -0.15) is 0 Å². The maximum Gasteiger partial charge on any atom is 0.314 e. The van der Waals surface area contributed by atoms with Gasteiger partial charge in [0.1, 0.15) is 5.75 Å². The summed E-state index contributed by atoms with van der Waals surface area (Å²) in [7, 11) is 0. The number of carbonyl (C=O) groups excluding carboxylic acids is 1. The van der Waals surface area contributed by atoms with Gasteiger partial charge in [0.2, 0.25) is 0 Å². The van der Waals surface area contributed by atoms with Crippen LogP contribution in [0.1, 0.15) is 87.0 Å². The van der Waals surface area contributed by atoms with Crippen molar-refractivity contribution in [3.8, 4) is 5.75 Å². The third kappa shape index (κ3) is 4.96. The minimum absolute atomic E-state index is 0.0172. The molecule has 1 aliphatic heterocycles. The van der Waals surface area contributed by atoms with E-state index in [-0.39, 0.29) is 11.9 Å². The van der Waals surface area contributed by atoms with Gasteiger partial charge >= 0.3 is 5.97 Å². The molecule has 2 nitrogen and oxygen atoms in total. The number of esters is 1. The zero-order valence-electron chi connectivity index (χ0n) is 18.7. The van der Waals surface area contributed by atoms with E-state index < -0.39 is 0 Å². The Bertz CT molecular complexity index is 843. The predicted octanol–water partition coefficient (Wildman–Crippen LogP) is 7.03. The van der Waals surface area contributed by atoms with Crippen molar-refractivity contribution in [2.24, 2.45) is 11.8 Å². The first-order chi connectivity index (χ1) is 14.7. The molecule has 30 heavy (non-hydrogen) atoms. The summed E-state index contributed by atoms with van der Waals surface area (Å²) in [5.74, 6) is 2.45. The van der Waals surface area contributed by atoms with Gasteiger partial charge in [-0.3, -0.25) is 4.79 Å². The molecule has 1 saturated carbocycles. The van der Waals surface area contributed by atoms with Gasteiger partial charge in [-0.05, 0) is 91.5 Å². The summed E-state index contributed by atoms with van der Waals surface area (Å²) < 4.78 is 5.59.